The highest BCUT2D eigenvalue weighted by atomic mass is 16.2. The summed E-state index contributed by atoms with van der Waals surface area (Å²) in [4.78, 5) is 41.8. The van der Waals surface area contributed by atoms with Crippen molar-refractivity contribution in [3.8, 4) is 0 Å². The molecular formula is C14H24N4O3. The van der Waals surface area contributed by atoms with E-state index in [1.54, 1.807) is 4.90 Å². The standard InChI is InChI=1S/C14H24N4O3/c1-4-14(5-2)12(20)15-13(21)18(14)10-11(19)17-8-6-16(3)7-9-17/h4-10H2,1-3H3,(H,15,20,21). The van der Waals surface area contributed by atoms with Crippen LogP contribution in [0.1, 0.15) is 26.7 Å². The fourth-order valence-corrected chi connectivity index (χ4v) is 3.06. The number of nitrogens with zero attached hydrogens (tertiary/aromatic N) is 3. The van der Waals surface area contributed by atoms with Crippen molar-refractivity contribution in [2.45, 2.75) is 32.2 Å². The minimum absolute atomic E-state index is 0.0248. The van der Waals surface area contributed by atoms with Gasteiger partial charge >= 0.3 is 6.03 Å². The molecule has 0 spiro atoms. The molecule has 4 amide bonds. The summed E-state index contributed by atoms with van der Waals surface area (Å²) in [6, 6.07) is -0.453. The minimum Gasteiger partial charge on any atom is -0.339 e. The molecule has 0 radical (unpaired) electrons. The van der Waals surface area contributed by atoms with Crippen molar-refractivity contribution in [3.63, 3.8) is 0 Å². The van der Waals surface area contributed by atoms with Gasteiger partial charge in [0.2, 0.25) is 5.91 Å². The summed E-state index contributed by atoms with van der Waals surface area (Å²) < 4.78 is 0. The number of hydrogen-bond donors (Lipinski definition) is 1. The number of amides is 4. The van der Waals surface area contributed by atoms with E-state index < -0.39 is 11.6 Å². The number of urea groups is 1. The molecule has 0 aliphatic carbocycles. The Balaban J connectivity index is 2.08. The van der Waals surface area contributed by atoms with Gasteiger partial charge in [0, 0.05) is 26.2 Å². The molecule has 0 saturated carbocycles. The van der Waals surface area contributed by atoms with Crippen molar-refractivity contribution in [1.29, 1.82) is 0 Å². The van der Waals surface area contributed by atoms with Crippen LogP contribution in [0.3, 0.4) is 0 Å². The zero-order valence-corrected chi connectivity index (χ0v) is 13.0. The van der Waals surface area contributed by atoms with Crippen LogP contribution in [0.5, 0.6) is 0 Å². The maximum absolute atomic E-state index is 12.4. The van der Waals surface area contributed by atoms with Gasteiger partial charge in [-0.3, -0.25) is 14.9 Å². The second kappa shape index (κ2) is 6.01. The van der Waals surface area contributed by atoms with Crippen molar-refractivity contribution in [1.82, 2.24) is 20.0 Å². The van der Waals surface area contributed by atoms with Crippen molar-refractivity contribution >= 4 is 17.8 Å². The largest absolute Gasteiger partial charge is 0.339 e. The van der Waals surface area contributed by atoms with Crippen LogP contribution in [0, 0.1) is 0 Å². The fourth-order valence-electron chi connectivity index (χ4n) is 3.06. The van der Waals surface area contributed by atoms with Crippen LogP contribution in [0.25, 0.3) is 0 Å². The Morgan fingerprint density at radius 2 is 1.71 bits per heavy atom. The van der Waals surface area contributed by atoms with E-state index in [9.17, 15) is 14.4 Å². The zero-order valence-electron chi connectivity index (χ0n) is 13.0. The maximum Gasteiger partial charge on any atom is 0.325 e. The first-order valence-corrected chi connectivity index (χ1v) is 7.54. The predicted octanol–water partition coefficient (Wildman–Crippen LogP) is -0.129. The van der Waals surface area contributed by atoms with E-state index >= 15 is 0 Å². The molecule has 7 nitrogen and oxygen atoms in total. The van der Waals surface area contributed by atoms with Crippen molar-refractivity contribution < 1.29 is 14.4 Å². The summed E-state index contributed by atoms with van der Waals surface area (Å²) in [5, 5.41) is 2.34. The average Bonchev–Trinajstić information content (AvgIpc) is 2.70. The summed E-state index contributed by atoms with van der Waals surface area (Å²) in [7, 11) is 2.02. The van der Waals surface area contributed by atoms with Gasteiger partial charge in [0.1, 0.15) is 12.1 Å². The fraction of sp³-hybridized carbons (Fsp3) is 0.786. The van der Waals surface area contributed by atoms with Crippen LogP contribution >= 0.6 is 0 Å². The Kier molecular flexibility index (Phi) is 4.51. The van der Waals surface area contributed by atoms with Crippen molar-refractivity contribution in [3.05, 3.63) is 0 Å². The first kappa shape index (κ1) is 15.8. The molecule has 0 unspecified atom stereocenters. The van der Waals surface area contributed by atoms with Crippen LogP contribution in [-0.2, 0) is 9.59 Å². The number of likely N-dealkylation sites (N-methyl/N-ethyl adjacent to an activating group) is 1. The highest BCUT2D eigenvalue weighted by Gasteiger charge is 2.51. The van der Waals surface area contributed by atoms with Crippen LogP contribution in [-0.4, -0.2) is 77.9 Å². The third kappa shape index (κ3) is 2.74. The molecular weight excluding hydrogens is 272 g/mol. The third-order valence-corrected chi connectivity index (χ3v) is 4.72. The second-order valence-electron chi connectivity index (χ2n) is 5.77. The molecule has 21 heavy (non-hydrogen) atoms. The van der Waals surface area contributed by atoms with E-state index in [0.29, 0.717) is 25.9 Å². The molecule has 118 valence electrons. The van der Waals surface area contributed by atoms with Crippen molar-refractivity contribution in [2.75, 3.05) is 39.8 Å². The Hall–Kier alpha value is -1.63. The molecule has 0 aromatic carbocycles. The number of rotatable bonds is 4. The lowest BCUT2D eigenvalue weighted by Crippen LogP contribution is -2.55. The number of carbonyl (C=O) groups is 3. The lowest BCUT2D eigenvalue weighted by molar-refractivity contribution is -0.135. The van der Waals surface area contributed by atoms with Gasteiger partial charge in [-0.15, -0.1) is 0 Å². The van der Waals surface area contributed by atoms with E-state index in [1.165, 1.54) is 4.90 Å². The Morgan fingerprint density at radius 1 is 1.14 bits per heavy atom. The number of imide groups is 1. The predicted molar refractivity (Wildman–Crippen MR) is 77.6 cm³/mol. The molecule has 2 fully saturated rings. The molecule has 0 atom stereocenters. The number of piperazine rings is 1. The Labute approximate surface area is 125 Å². The lowest BCUT2D eigenvalue weighted by Gasteiger charge is -2.37. The molecule has 2 aliphatic heterocycles. The van der Waals surface area contributed by atoms with Gasteiger partial charge in [0.25, 0.3) is 5.91 Å². The molecule has 0 bridgehead atoms. The van der Waals surface area contributed by atoms with Crippen LogP contribution in [0.2, 0.25) is 0 Å². The van der Waals surface area contributed by atoms with Gasteiger partial charge in [0.15, 0.2) is 0 Å². The van der Waals surface area contributed by atoms with E-state index in [2.05, 4.69) is 10.2 Å². The normalized spacial score (nSPS) is 22.6. The minimum atomic E-state index is -0.876. The van der Waals surface area contributed by atoms with Gasteiger partial charge < -0.3 is 14.7 Å². The van der Waals surface area contributed by atoms with Gasteiger partial charge in [0.05, 0.1) is 0 Å². The summed E-state index contributed by atoms with van der Waals surface area (Å²) in [5.41, 5.74) is -0.876. The molecule has 7 heteroatoms. The number of carbonyl (C=O) groups excluding carboxylic acids is 3. The Morgan fingerprint density at radius 3 is 2.24 bits per heavy atom. The SMILES string of the molecule is CCC1(CC)C(=O)NC(=O)N1CC(=O)N1CCN(C)CC1. The second-order valence-corrected chi connectivity index (χ2v) is 5.77. The topological polar surface area (TPSA) is 73.0 Å². The van der Waals surface area contributed by atoms with Crippen LogP contribution < -0.4 is 5.32 Å². The summed E-state index contributed by atoms with van der Waals surface area (Å²) >= 11 is 0. The molecule has 0 aromatic rings. The lowest BCUT2D eigenvalue weighted by atomic mass is 9.91. The quantitative estimate of drug-likeness (QED) is 0.734. The smallest absolute Gasteiger partial charge is 0.325 e. The summed E-state index contributed by atoms with van der Waals surface area (Å²) in [6.07, 6.45) is 1.02. The van der Waals surface area contributed by atoms with Crippen molar-refractivity contribution in [2.24, 2.45) is 0 Å². The van der Waals surface area contributed by atoms with Crippen LogP contribution in [0.4, 0.5) is 4.79 Å². The van der Waals surface area contributed by atoms with Gasteiger partial charge in [-0.1, -0.05) is 13.8 Å². The molecule has 2 heterocycles. The van der Waals surface area contributed by atoms with E-state index in [4.69, 9.17) is 0 Å². The highest BCUT2D eigenvalue weighted by molar-refractivity contribution is 6.08. The first-order chi connectivity index (χ1) is 9.94. The zero-order chi connectivity index (χ0) is 15.6. The monoisotopic (exact) mass is 296 g/mol. The maximum atomic E-state index is 12.4. The molecule has 0 aromatic heterocycles. The highest BCUT2D eigenvalue weighted by Crippen LogP contribution is 2.29. The summed E-state index contributed by atoms with van der Waals surface area (Å²) in [6.45, 7) is 6.73. The third-order valence-electron chi connectivity index (χ3n) is 4.72. The molecule has 2 rings (SSSR count). The average molecular weight is 296 g/mol. The summed E-state index contributed by atoms with van der Waals surface area (Å²) in [5.74, 6) is -0.372. The molecule has 2 aliphatic rings. The van der Waals surface area contributed by atoms with Gasteiger partial charge in [-0.2, -0.15) is 0 Å². The van der Waals surface area contributed by atoms with Gasteiger partial charge in [-0.05, 0) is 19.9 Å². The number of nitrogens with one attached hydrogen (secondary N) is 1. The molecule has 2 saturated heterocycles. The van der Waals surface area contributed by atoms with Gasteiger partial charge in [-0.25, -0.2) is 4.79 Å². The molecule has 1 N–H and O–H groups in total. The van der Waals surface area contributed by atoms with Crippen LogP contribution in [0.15, 0.2) is 0 Å². The Bertz CT molecular complexity index is 440. The van der Waals surface area contributed by atoms with E-state index in [0.717, 1.165) is 13.1 Å². The number of hydrogen-bond acceptors (Lipinski definition) is 4. The van der Waals surface area contributed by atoms with E-state index in [-0.39, 0.29) is 18.4 Å². The van der Waals surface area contributed by atoms with E-state index in [1.807, 2.05) is 20.9 Å². The first-order valence-electron chi connectivity index (χ1n) is 7.54.